The predicted molar refractivity (Wildman–Crippen MR) is 90.8 cm³/mol. The summed E-state index contributed by atoms with van der Waals surface area (Å²) in [5, 5.41) is 3.52. The van der Waals surface area contributed by atoms with Crippen LogP contribution in [-0.4, -0.2) is 40.0 Å². The van der Waals surface area contributed by atoms with Crippen LogP contribution in [0, 0.1) is 0 Å². The quantitative estimate of drug-likeness (QED) is 0.938. The molecular formula is C18H24N4. The van der Waals surface area contributed by atoms with Crippen molar-refractivity contribution >= 4 is 5.82 Å². The molecule has 3 rings (SSSR count). The molecule has 0 amide bonds. The van der Waals surface area contributed by atoms with E-state index in [2.05, 4.69) is 46.2 Å². The van der Waals surface area contributed by atoms with E-state index in [0.717, 1.165) is 30.2 Å². The topological polar surface area (TPSA) is 41.0 Å². The summed E-state index contributed by atoms with van der Waals surface area (Å²) in [6.45, 7) is 6.85. The minimum absolute atomic E-state index is 0.506. The van der Waals surface area contributed by atoms with E-state index in [1.54, 1.807) is 0 Å². The van der Waals surface area contributed by atoms with Gasteiger partial charge in [-0.25, -0.2) is 4.98 Å². The smallest absolute Gasteiger partial charge is 0.144 e. The first kappa shape index (κ1) is 15.0. The Kier molecular flexibility index (Phi) is 4.68. The van der Waals surface area contributed by atoms with Crippen LogP contribution in [0.1, 0.15) is 26.7 Å². The number of nitrogens with one attached hydrogen (secondary N) is 1. The summed E-state index contributed by atoms with van der Waals surface area (Å²) in [6, 6.07) is 11.3. The molecule has 1 saturated heterocycles. The van der Waals surface area contributed by atoms with Gasteiger partial charge in [-0.1, -0.05) is 30.3 Å². The Morgan fingerprint density at radius 2 is 1.77 bits per heavy atom. The SMILES string of the molecule is CC(C)N1CCC(Nc2cnc(-c3ccccc3)cn2)CC1. The third-order valence-electron chi connectivity index (χ3n) is 4.33. The molecule has 0 bridgehead atoms. The molecule has 1 fully saturated rings. The summed E-state index contributed by atoms with van der Waals surface area (Å²) < 4.78 is 0. The summed E-state index contributed by atoms with van der Waals surface area (Å²) in [7, 11) is 0. The second-order valence-corrected chi connectivity index (χ2v) is 6.20. The maximum atomic E-state index is 4.52. The van der Waals surface area contributed by atoms with Gasteiger partial charge in [0.1, 0.15) is 5.82 Å². The fourth-order valence-electron chi connectivity index (χ4n) is 2.93. The van der Waals surface area contributed by atoms with Crippen LogP contribution in [0.3, 0.4) is 0 Å². The summed E-state index contributed by atoms with van der Waals surface area (Å²) in [6.07, 6.45) is 6.03. The Balaban J connectivity index is 1.58. The maximum Gasteiger partial charge on any atom is 0.144 e. The molecule has 1 aliphatic rings. The van der Waals surface area contributed by atoms with Gasteiger partial charge < -0.3 is 10.2 Å². The van der Waals surface area contributed by atoms with Gasteiger partial charge in [-0.3, -0.25) is 4.98 Å². The summed E-state index contributed by atoms with van der Waals surface area (Å²) in [5.74, 6) is 0.877. The monoisotopic (exact) mass is 296 g/mol. The molecule has 0 unspecified atom stereocenters. The fourth-order valence-corrected chi connectivity index (χ4v) is 2.93. The first-order chi connectivity index (χ1) is 10.7. The molecule has 0 saturated carbocycles. The zero-order chi connectivity index (χ0) is 15.4. The molecule has 1 aromatic heterocycles. The highest BCUT2D eigenvalue weighted by Crippen LogP contribution is 2.19. The highest BCUT2D eigenvalue weighted by molar-refractivity contribution is 5.58. The minimum Gasteiger partial charge on any atom is -0.366 e. The molecular weight excluding hydrogens is 272 g/mol. The maximum absolute atomic E-state index is 4.52. The van der Waals surface area contributed by atoms with Gasteiger partial charge in [0.15, 0.2) is 0 Å². The van der Waals surface area contributed by atoms with Crippen LogP contribution < -0.4 is 5.32 Å². The van der Waals surface area contributed by atoms with Gasteiger partial charge in [-0.15, -0.1) is 0 Å². The van der Waals surface area contributed by atoms with Crippen molar-refractivity contribution in [3.63, 3.8) is 0 Å². The van der Waals surface area contributed by atoms with Crippen molar-refractivity contribution in [2.75, 3.05) is 18.4 Å². The number of benzene rings is 1. The van der Waals surface area contributed by atoms with Crippen LogP contribution in [0.4, 0.5) is 5.82 Å². The Morgan fingerprint density at radius 3 is 2.36 bits per heavy atom. The van der Waals surface area contributed by atoms with Crippen LogP contribution >= 0.6 is 0 Å². The van der Waals surface area contributed by atoms with Gasteiger partial charge >= 0.3 is 0 Å². The Bertz CT molecular complexity index is 572. The van der Waals surface area contributed by atoms with E-state index in [0.29, 0.717) is 12.1 Å². The lowest BCUT2D eigenvalue weighted by Crippen LogP contribution is -2.42. The highest BCUT2D eigenvalue weighted by atomic mass is 15.2. The van der Waals surface area contributed by atoms with Gasteiger partial charge in [-0.2, -0.15) is 0 Å². The van der Waals surface area contributed by atoms with Gasteiger partial charge in [0.05, 0.1) is 18.1 Å². The first-order valence-electron chi connectivity index (χ1n) is 8.10. The van der Waals surface area contributed by atoms with E-state index in [1.807, 2.05) is 30.6 Å². The molecule has 0 radical (unpaired) electrons. The zero-order valence-corrected chi connectivity index (χ0v) is 13.4. The van der Waals surface area contributed by atoms with Gasteiger partial charge in [0.25, 0.3) is 0 Å². The van der Waals surface area contributed by atoms with E-state index in [4.69, 9.17) is 0 Å². The standard InChI is InChI=1S/C18H24N4/c1-14(2)22-10-8-16(9-11-22)21-18-13-19-17(12-20-18)15-6-4-3-5-7-15/h3-7,12-14,16H,8-11H2,1-2H3,(H,20,21). The van der Waals surface area contributed by atoms with Crippen molar-refractivity contribution in [3.8, 4) is 11.3 Å². The lowest BCUT2D eigenvalue weighted by Gasteiger charge is -2.35. The summed E-state index contributed by atoms with van der Waals surface area (Å²) in [4.78, 5) is 11.6. The van der Waals surface area contributed by atoms with Crippen LogP contribution in [0.2, 0.25) is 0 Å². The Morgan fingerprint density at radius 1 is 1.05 bits per heavy atom. The fraction of sp³-hybridized carbons (Fsp3) is 0.444. The molecule has 0 atom stereocenters. The van der Waals surface area contributed by atoms with Crippen molar-refractivity contribution in [3.05, 3.63) is 42.7 Å². The summed E-state index contributed by atoms with van der Waals surface area (Å²) >= 11 is 0. The van der Waals surface area contributed by atoms with Crippen molar-refractivity contribution in [1.29, 1.82) is 0 Å². The molecule has 2 heterocycles. The molecule has 2 aromatic rings. The molecule has 4 heteroatoms. The van der Waals surface area contributed by atoms with E-state index in [9.17, 15) is 0 Å². The van der Waals surface area contributed by atoms with Gasteiger partial charge in [-0.05, 0) is 26.7 Å². The molecule has 116 valence electrons. The van der Waals surface area contributed by atoms with Gasteiger partial charge in [0.2, 0.25) is 0 Å². The third kappa shape index (κ3) is 3.63. The Hall–Kier alpha value is -1.94. The number of aromatic nitrogens is 2. The first-order valence-corrected chi connectivity index (χ1v) is 8.10. The Labute approximate surface area is 132 Å². The molecule has 22 heavy (non-hydrogen) atoms. The number of hydrogen-bond donors (Lipinski definition) is 1. The molecule has 0 aliphatic carbocycles. The average Bonchev–Trinajstić information content (AvgIpc) is 2.57. The number of nitrogens with zero attached hydrogens (tertiary/aromatic N) is 3. The number of piperidine rings is 1. The number of likely N-dealkylation sites (tertiary alicyclic amines) is 1. The molecule has 1 aliphatic heterocycles. The van der Waals surface area contributed by atoms with E-state index < -0.39 is 0 Å². The molecule has 1 aromatic carbocycles. The molecule has 4 nitrogen and oxygen atoms in total. The second kappa shape index (κ2) is 6.88. The second-order valence-electron chi connectivity index (χ2n) is 6.20. The predicted octanol–water partition coefficient (Wildman–Crippen LogP) is 3.43. The molecule has 1 N–H and O–H groups in total. The largest absolute Gasteiger partial charge is 0.366 e. The van der Waals surface area contributed by atoms with Crippen LogP contribution in [-0.2, 0) is 0 Å². The van der Waals surface area contributed by atoms with Gasteiger partial charge in [0, 0.05) is 30.7 Å². The van der Waals surface area contributed by atoms with Crippen LogP contribution in [0.5, 0.6) is 0 Å². The molecule has 0 spiro atoms. The van der Waals surface area contributed by atoms with Crippen LogP contribution in [0.25, 0.3) is 11.3 Å². The number of anilines is 1. The van der Waals surface area contributed by atoms with E-state index >= 15 is 0 Å². The van der Waals surface area contributed by atoms with Crippen molar-refractivity contribution in [2.45, 2.75) is 38.8 Å². The van der Waals surface area contributed by atoms with Crippen molar-refractivity contribution in [2.24, 2.45) is 0 Å². The van der Waals surface area contributed by atoms with E-state index in [1.165, 1.54) is 12.8 Å². The lowest BCUT2D eigenvalue weighted by atomic mass is 10.0. The normalized spacial score (nSPS) is 16.9. The lowest BCUT2D eigenvalue weighted by molar-refractivity contribution is 0.177. The van der Waals surface area contributed by atoms with Crippen molar-refractivity contribution < 1.29 is 0 Å². The van der Waals surface area contributed by atoms with Crippen molar-refractivity contribution in [1.82, 2.24) is 14.9 Å². The minimum atomic E-state index is 0.506. The number of rotatable bonds is 4. The number of hydrogen-bond acceptors (Lipinski definition) is 4. The zero-order valence-electron chi connectivity index (χ0n) is 13.4. The third-order valence-corrected chi connectivity index (χ3v) is 4.33. The van der Waals surface area contributed by atoms with E-state index in [-0.39, 0.29) is 0 Å². The summed E-state index contributed by atoms with van der Waals surface area (Å²) in [5.41, 5.74) is 2.02. The van der Waals surface area contributed by atoms with Crippen LogP contribution in [0.15, 0.2) is 42.7 Å². The highest BCUT2D eigenvalue weighted by Gasteiger charge is 2.20. The average molecular weight is 296 g/mol.